The van der Waals surface area contributed by atoms with Gasteiger partial charge in [-0.25, -0.2) is 0 Å². The zero-order chi connectivity index (χ0) is 30.5. The molecule has 0 unspecified atom stereocenters. The van der Waals surface area contributed by atoms with E-state index in [9.17, 15) is 0 Å². The molecule has 0 radical (unpaired) electrons. The molecule has 0 heteroatoms. The zero-order valence-electron chi connectivity index (χ0n) is 25.3. The summed E-state index contributed by atoms with van der Waals surface area (Å²) in [5, 5.41) is 10.1. The minimum atomic E-state index is 1.22. The average molecular weight is 583 g/mol. The van der Waals surface area contributed by atoms with Crippen LogP contribution in [0.2, 0.25) is 0 Å². The molecule has 0 amide bonds. The van der Waals surface area contributed by atoms with Crippen molar-refractivity contribution in [2.45, 2.75) is 0 Å². The molecule has 0 nitrogen and oxygen atoms in total. The quantitative estimate of drug-likeness (QED) is 0.181. The van der Waals surface area contributed by atoms with Gasteiger partial charge in [0, 0.05) is 0 Å². The molecule has 0 fully saturated rings. The third-order valence-electron chi connectivity index (χ3n) is 9.43. The van der Waals surface area contributed by atoms with Crippen LogP contribution >= 0.6 is 0 Å². The number of hydrogen-bond acceptors (Lipinski definition) is 0. The molecule has 0 saturated carbocycles. The van der Waals surface area contributed by atoms with Gasteiger partial charge in [0.05, 0.1) is 0 Å². The van der Waals surface area contributed by atoms with Crippen LogP contribution in [-0.2, 0) is 0 Å². The van der Waals surface area contributed by atoms with Gasteiger partial charge in [0.15, 0.2) is 0 Å². The lowest BCUT2D eigenvalue weighted by Crippen LogP contribution is -1.93. The van der Waals surface area contributed by atoms with Crippen LogP contribution < -0.4 is 0 Å². The Morgan fingerprint density at radius 1 is 0.217 bits per heavy atom. The molecule has 0 bridgehead atoms. The Bertz CT molecular complexity index is 2570. The molecule has 9 aromatic rings. The number of benzene rings is 9. The molecule has 214 valence electrons. The van der Waals surface area contributed by atoms with E-state index >= 15 is 0 Å². The van der Waals surface area contributed by atoms with E-state index in [0.717, 1.165) is 0 Å². The fourth-order valence-electron chi connectivity index (χ4n) is 7.24. The van der Waals surface area contributed by atoms with Crippen LogP contribution in [0.4, 0.5) is 0 Å². The summed E-state index contributed by atoms with van der Waals surface area (Å²) in [6.07, 6.45) is 0. The molecule has 0 aliphatic rings. The summed E-state index contributed by atoms with van der Waals surface area (Å²) in [5.74, 6) is 0. The van der Waals surface area contributed by atoms with Gasteiger partial charge in [-0.15, -0.1) is 0 Å². The molecule has 0 spiro atoms. The molecule has 0 aliphatic heterocycles. The SMILES string of the molecule is c1ccc(-c2ccc3c(-c4ccc5ccccc5c4)c4ccccc4c(-c4ccccc4-c4ccc5ccccc5c4)c3c2)cc1. The average Bonchev–Trinajstić information content (AvgIpc) is 3.13. The lowest BCUT2D eigenvalue weighted by molar-refractivity contribution is 1.61. The molecule has 0 saturated heterocycles. The fourth-order valence-corrected chi connectivity index (χ4v) is 7.24. The fraction of sp³-hybridized carbons (Fsp3) is 0. The first-order chi connectivity index (χ1) is 22.8. The Labute approximate surface area is 268 Å². The molecule has 0 heterocycles. The Morgan fingerprint density at radius 2 is 0.717 bits per heavy atom. The highest BCUT2D eigenvalue weighted by atomic mass is 14.2. The van der Waals surface area contributed by atoms with Crippen molar-refractivity contribution in [3.8, 4) is 44.5 Å². The second-order valence-corrected chi connectivity index (χ2v) is 12.1. The van der Waals surface area contributed by atoms with Crippen molar-refractivity contribution >= 4 is 43.1 Å². The molecule has 0 N–H and O–H groups in total. The first kappa shape index (κ1) is 26.4. The van der Waals surface area contributed by atoms with E-state index in [1.807, 2.05) is 0 Å². The summed E-state index contributed by atoms with van der Waals surface area (Å²) in [6, 6.07) is 66.7. The summed E-state index contributed by atoms with van der Waals surface area (Å²) in [6.45, 7) is 0. The standard InChI is InChI=1S/C46H30/c1-2-12-31(13-3-1)36-26-27-43-44(30-36)46(40-19-9-8-18-39(40)37-24-22-32-14-4-6-16-34(32)28-37)42-21-11-10-20-41(42)45(43)38-25-23-33-15-5-7-17-35(33)29-38/h1-30H. The minimum Gasteiger partial charge on any atom is -0.0622 e. The van der Waals surface area contributed by atoms with E-state index in [4.69, 9.17) is 0 Å². The van der Waals surface area contributed by atoms with Gasteiger partial charge in [0.1, 0.15) is 0 Å². The third kappa shape index (κ3) is 4.38. The smallest absolute Gasteiger partial charge is 0.00199 e. The van der Waals surface area contributed by atoms with Gasteiger partial charge in [0.25, 0.3) is 0 Å². The minimum absolute atomic E-state index is 1.22. The zero-order valence-corrected chi connectivity index (χ0v) is 25.3. The van der Waals surface area contributed by atoms with Gasteiger partial charge in [0.2, 0.25) is 0 Å². The van der Waals surface area contributed by atoms with E-state index in [1.165, 1.54) is 87.6 Å². The first-order valence-corrected chi connectivity index (χ1v) is 15.9. The van der Waals surface area contributed by atoms with E-state index in [2.05, 4.69) is 182 Å². The normalized spacial score (nSPS) is 11.5. The molecule has 46 heavy (non-hydrogen) atoms. The van der Waals surface area contributed by atoms with Crippen LogP contribution in [0.15, 0.2) is 182 Å². The summed E-state index contributed by atoms with van der Waals surface area (Å²) >= 11 is 0. The van der Waals surface area contributed by atoms with Crippen molar-refractivity contribution in [2.75, 3.05) is 0 Å². The van der Waals surface area contributed by atoms with Gasteiger partial charge >= 0.3 is 0 Å². The van der Waals surface area contributed by atoms with Crippen LogP contribution in [-0.4, -0.2) is 0 Å². The molecule has 9 aromatic carbocycles. The van der Waals surface area contributed by atoms with Crippen molar-refractivity contribution in [1.82, 2.24) is 0 Å². The second-order valence-electron chi connectivity index (χ2n) is 12.1. The lowest BCUT2D eigenvalue weighted by atomic mass is 9.82. The predicted octanol–water partition coefficient (Wildman–Crippen LogP) is 13.0. The molecule has 0 aliphatic carbocycles. The maximum absolute atomic E-state index is 2.41. The Balaban J connectivity index is 1.40. The molecule has 0 aromatic heterocycles. The van der Waals surface area contributed by atoms with Crippen LogP contribution in [0.1, 0.15) is 0 Å². The summed E-state index contributed by atoms with van der Waals surface area (Å²) in [4.78, 5) is 0. The highest BCUT2D eigenvalue weighted by Crippen LogP contribution is 2.47. The number of rotatable bonds is 4. The van der Waals surface area contributed by atoms with E-state index in [0.29, 0.717) is 0 Å². The van der Waals surface area contributed by atoms with Crippen molar-refractivity contribution < 1.29 is 0 Å². The molecular weight excluding hydrogens is 553 g/mol. The third-order valence-corrected chi connectivity index (χ3v) is 9.43. The highest BCUT2D eigenvalue weighted by molar-refractivity contribution is 6.23. The molecule has 9 rings (SSSR count). The largest absolute Gasteiger partial charge is 0.0622 e. The van der Waals surface area contributed by atoms with Crippen molar-refractivity contribution in [1.29, 1.82) is 0 Å². The van der Waals surface area contributed by atoms with Gasteiger partial charge in [-0.2, -0.15) is 0 Å². The van der Waals surface area contributed by atoms with Crippen molar-refractivity contribution in [3.05, 3.63) is 182 Å². The van der Waals surface area contributed by atoms with E-state index in [1.54, 1.807) is 0 Å². The predicted molar refractivity (Wildman–Crippen MR) is 198 cm³/mol. The van der Waals surface area contributed by atoms with E-state index in [-0.39, 0.29) is 0 Å². The summed E-state index contributed by atoms with van der Waals surface area (Å²) < 4.78 is 0. The van der Waals surface area contributed by atoms with Crippen LogP contribution in [0.25, 0.3) is 87.6 Å². The molecular formula is C46H30. The van der Waals surface area contributed by atoms with Gasteiger partial charge in [-0.1, -0.05) is 164 Å². The lowest BCUT2D eigenvalue weighted by Gasteiger charge is -2.21. The van der Waals surface area contributed by atoms with Gasteiger partial charge in [-0.3, -0.25) is 0 Å². The maximum atomic E-state index is 2.41. The first-order valence-electron chi connectivity index (χ1n) is 15.9. The Morgan fingerprint density at radius 3 is 1.43 bits per heavy atom. The maximum Gasteiger partial charge on any atom is -0.00199 e. The van der Waals surface area contributed by atoms with Crippen molar-refractivity contribution in [3.63, 3.8) is 0 Å². The summed E-state index contributed by atoms with van der Waals surface area (Å²) in [5.41, 5.74) is 9.94. The van der Waals surface area contributed by atoms with Crippen LogP contribution in [0.3, 0.4) is 0 Å². The van der Waals surface area contributed by atoms with E-state index < -0.39 is 0 Å². The number of fused-ring (bicyclic) bond motifs is 4. The Kier molecular flexibility index (Phi) is 6.25. The highest BCUT2D eigenvalue weighted by Gasteiger charge is 2.20. The Hall–Kier alpha value is -5.98. The summed E-state index contributed by atoms with van der Waals surface area (Å²) in [7, 11) is 0. The number of hydrogen-bond donors (Lipinski definition) is 0. The van der Waals surface area contributed by atoms with Crippen LogP contribution in [0, 0.1) is 0 Å². The van der Waals surface area contributed by atoms with Crippen molar-refractivity contribution in [2.24, 2.45) is 0 Å². The molecule has 0 atom stereocenters. The second kappa shape index (κ2) is 10.9. The van der Waals surface area contributed by atoms with Gasteiger partial charge in [-0.05, 0) is 106 Å². The topological polar surface area (TPSA) is 0 Å². The monoisotopic (exact) mass is 582 g/mol. The van der Waals surface area contributed by atoms with Crippen LogP contribution in [0.5, 0.6) is 0 Å². The van der Waals surface area contributed by atoms with Gasteiger partial charge < -0.3 is 0 Å².